The van der Waals surface area contributed by atoms with Crippen LogP contribution in [0.4, 0.5) is 0 Å². The first kappa shape index (κ1) is 11.2. The lowest BCUT2D eigenvalue weighted by atomic mass is 9.73. The molecule has 2 atom stereocenters. The minimum absolute atomic E-state index is 0.298. The van der Waals surface area contributed by atoms with Crippen LogP contribution in [0.25, 0.3) is 0 Å². The Morgan fingerprint density at radius 2 is 2.25 bits per heavy atom. The van der Waals surface area contributed by atoms with Gasteiger partial charge in [0.2, 0.25) is 0 Å². The Hall–Kier alpha value is -1.31. The van der Waals surface area contributed by atoms with Gasteiger partial charge >= 0.3 is 5.97 Å². The predicted octanol–water partition coefficient (Wildman–Crippen LogP) is 3.14. The zero-order valence-electron chi connectivity index (χ0n) is 9.86. The fraction of sp³-hybridized carbons (Fsp3) is 0.500. The number of rotatable bonds is 2. The molecule has 86 valence electrons. The first-order valence-corrected chi connectivity index (χ1v) is 5.89. The first-order valence-electron chi connectivity index (χ1n) is 5.89. The summed E-state index contributed by atoms with van der Waals surface area (Å²) in [5, 5.41) is 8.89. The van der Waals surface area contributed by atoms with Crippen molar-refractivity contribution in [2.75, 3.05) is 0 Å². The number of carboxylic acids is 1. The average Bonchev–Trinajstić information content (AvgIpc) is 2.23. The molecule has 0 spiro atoms. The Kier molecular flexibility index (Phi) is 2.99. The molecule has 1 N–H and O–H groups in total. The van der Waals surface area contributed by atoms with Crippen molar-refractivity contribution in [2.45, 2.75) is 39.0 Å². The summed E-state index contributed by atoms with van der Waals surface area (Å²) in [5.74, 6) is -0.000460. The second kappa shape index (κ2) is 4.28. The van der Waals surface area contributed by atoms with Gasteiger partial charge < -0.3 is 5.11 Å². The van der Waals surface area contributed by atoms with Gasteiger partial charge in [0.1, 0.15) is 0 Å². The third-order valence-corrected chi connectivity index (χ3v) is 3.85. The molecule has 1 aromatic carbocycles. The standard InChI is InChI=1S/C14H18O2/c1-9-4-3-5-13-10(2)11(8-14(15)16)6-7-12(9)13/h3-5,10-11H,6-8H2,1-2H3,(H,15,16). The lowest BCUT2D eigenvalue weighted by Gasteiger charge is -2.31. The van der Waals surface area contributed by atoms with Crippen molar-refractivity contribution in [1.29, 1.82) is 0 Å². The number of benzene rings is 1. The average molecular weight is 218 g/mol. The molecule has 2 nitrogen and oxygen atoms in total. The van der Waals surface area contributed by atoms with Crippen LogP contribution in [0.3, 0.4) is 0 Å². The number of carboxylic acid groups (broad SMARTS) is 1. The molecule has 1 aliphatic carbocycles. The maximum Gasteiger partial charge on any atom is 0.303 e. The normalized spacial score (nSPS) is 23.9. The van der Waals surface area contributed by atoms with Gasteiger partial charge in [-0.2, -0.15) is 0 Å². The number of carbonyl (C=O) groups is 1. The molecule has 2 unspecified atom stereocenters. The predicted molar refractivity (Wildman–Crippen MR) is 63.7 cm³/mol. The summed E-state index contributed by atoms with van der Waals surface area (Å²) in [4.78, 5) is 10.8. The van der Waals surface area contributed by atoms with E-state index >= 15 is 0 Å². The molecule has 2 heteroatoms. The van der Waals surface area contributed by atoms with Crippen LogP contribution in [-0.2, 0) is 11.2 Å². The van der Waals surface area contributed by atoms with Gasteiger partial charge in [0.15, 0.2) is 0 Å². The summed E-state index contributed by atoms with van der Waals surface area (Å²) in [6, 6.07) is 6.37. The van der Waals surface area contributed by atoms with Crippen LogP contribution >= 0.6 is 0 Å². The fourth-order valence-corrected chi connectivity index (χ4v) is 2.83. The third kappa shape index (κ3) is 1.97. The molecule has 0 aliphatic heterocycles. The summed E-state index contributed by atoms with van der Waals surface area (Å²) in [6.07, 6.45) is 2.34. The monoisotopic (exact) mass is 218 g/mol. The second-order valence-electron chi connectivity index (χ2n) is 4.83. The molecule has 2 rings (SSSR count). The van der Waals surface area contributed by atoms with Gasteiger partial charge in [0, 0.05) is 6.42 Å². The number of hydrogen-bond acceptors (Lipinski definition) is 1. The van der Waals surface area contributed by atoms with Crippen molar-refractivity contribution < 1.29 is 9.90 Å². The lowest BCUT2D eigenvalue weighted by molar-refractivity contribution is -0.138. The number of fused-ring (bicyclic) bond motifs is 1. The smallest absolute Gasteiger partial charge is 0.303 e. The Morgan fingerprint density at radius 3 is 2.94 bits per heavy atom. The molecule has 0 fully saturated rings. The van der Waals surface area contributed by atoms with Gasteiger partial charge in [-0.15, -0.1) is 0 Å². The van der Waals surface area contributed by atoms with Crippen molar-refractivity contribution in [1.82, 2.24) is 0 Å². The van der Waals surface area contributed by atoms with E-state index in [1.54, 1.807) is 0 Å². The summed E-state index contributed by atoms with van der Waals surface area (Å²) in [5.41, 5.74) is 4.15. The van der Waals surface area contributed by atoms with Crippen LogP contribution in [0.5, 0.6) is 0 Å². The molecule has 0 amide bonds. The highest BCUT2D eigenvalue weighted by Gasteiger charge is 2.28. The molecule has 0 bridgehead atoms. The molecular weight excluding hydrogens is 200 g/mol. The summed E-state index contributed by atoms with van der Waals surface area (Å²) in [7, 11) is 0. The first-order chi connectivity index (χ1) is 7.59. The number of aliphatic carboxylic acids is 1. The highest BCUT2D eigenvalue weighted by Crippen LogP contribution is 2.38. The van der Waals surface area contributed by atoms with Crippen molar-refractivity contribution in [2.24, 2.45) is 5.92 Å². The molecule has 16 heavy (non-hydrogen) atoms. The van der Waals surface area contributed by atoms with E-state index in [0.29, 0.717) is 18.3 Å². The van der Waals surface area contributed by atoms with Crippen LogP contribution in [0.2, 0.25) is 0 Å². The van der Waals surface area contributed by atoms with E-state index in [4.69, 9.17) is 5.11 Å². The van der Waals surface area contributed by atoms with Gasteiger partial charge in [-0.25, -0.2) is 0 Å². The fourth-order valence-electron chi connectivity index (χ4n) is 2.83. The molecule has 0 saturated heterocycles. The Morgan fingerprint density at radius 1 is 1.50 bits per heavy atom. The van der Waals surface area contributed by atoms with Crippen molar-refractivity contribution >= 4 is 5.97 Å². The van der Waals surface area contributed by atoms with E-state index in [-0.39, 0.29) is 0 Å². The van der Waals surface area contributed by atoms with Crippen LogP contribution in [0, 0.1) is 12.8 Å². The highest BCUT2D eigenvalue weighted by molar-refractivity contribution is 5.67. The van der Waals surface area contributed by atoms with E-state index in [9.17, 15) is 4.79 Å². The van der Waals surface area contributed by atoms with Gasteiger partial charge in [0.05, 0.1) is 0 Å². The zero-order valence-corrected chi connectivity index (χ0v) is 9.86. The molecule has 0 aromatic heterocycles. The Bertz CT molecular complexity index is 409. The molecule has 1 aromatic rings. The molecule has 0 saturated carbocycles. The summed E-state index contributed by atoms with van der Waals surface area (Å²) in [6.45, 7) is 4.30. The molecular formula is C14H18O2. The minimum atomic E-state index is -0.673. The Balaban J connectivity index is 2.28. The SMILES string of the molecule is Cc1cccc2c1CCC(CC(=O)O)C2C. The van der Waals surface area contributed by atoms with Crippen molar-refractivity contribution in [3.05, 3.63) is 34.9 Å². The number of aryl methyl sites for hydroxylation is 1. The topological polar surface area (TPSA) is 37.3 Å². The maximum absolute atomic E-state index is 10.8. The van der Waals surface area contributed by atoms with Gasteiger partial charge in [0.25, 0.3) is 0 Å². The van der Waals surface area contributed by atoms with E-state index < -0.39 is 5.97 Å². The molecule has 1 aliphatic rings. The highest BCUT2D eigenvalue weighted by atomic mass is 16.4. The quantitative estimate of drug-likeness (QED) is 0.828. The van der Waals surface area contributed by atoms with Crippen LogP contribution in [-0.4, -0.2) is 11.1 Å². The van der Waals surface area contributed by atoms with E-state index in [0.717, 1.165) is 12.8 Å². The number of hydrogen-bond donors (Lipinski definition) is 1. The lowest BCUT2D eigenvalue weighted by Crippen LogP contribution is -2.21. The van der Waals surface area contributed by atoms with Gasteiger partial charge in [-0.05, 0) is 48.3 Å². The van der Waals surface area contributed by atoms with E-state index in [1.165, 1.54) is 16.7 Å². The largest absolute Gasteiger partial charge is 0.481 e. The zero-order chi connectivity index (χ0) is 11.7. The maximum atomic E-state index is 10.8. The van der Waals surface area contributed by atoms with Crippen molar-refractivity contribution in [3.8, 4) is 0 Å². The summed E-state index contributed by atoms with van der Waals surface area (Å²) >= 11 is 0. The second-order valence-corrected chi connectivity index (χ2v) is 4.83. The van der Waals surface area contributed by atoms with Crippen LogP contribution in [0.1, 0.15) is 42.4 Å². The molecule has 0 heterocycles. The van der Waals surface area contributed by atoms with E-state index in [2.05, 4.69) is 32.0 Å². The third-order valence-electron chi connectivity index (χ3n) is 3.85. The van der Waals surface area contributed by atoms with Crippen LogP contribution in [0.15, 0.2) is 18.2 Å². The Labute approximate surface area is 96.3 Å². The molecule has 0 radical (unpaired) electrons. The van der Waals surface area contributed by atoms with Crippen LogP contribution < -0.4 is 0 Å². The van der Waals surface area contributed by atoms with E-state index in [1.807, 2.05) is 0 Å². The van der Waals surface area contributed by atoms with Crippen molar-refractivity contribution in [3.63, 3.8) is 0 Å². The minimum Gasteiger partial charge on any atom is -0.481 e. The van der Waals surface area contributed by atoms with Gasteiger partial charge in [-0.3, -0.25) is 4.79 Å². The van der Waals surface area contributed by atoms with Gasteiger partial charge in [-0.1, -0.05) is 25.1 Å². The summed E-state index contributed by atoms with van der Waals surface area (Å²) < 4.78 is 0.